The van der Waals surface area contributed by atoms with Crippen LogP contribution in [0.4, 0.5) is 0 Å². The SMILES string of the molecule is CC(C)S(=O)(=O)N1CCC(N(C)C)C1. The first-order valence-electron chi connectivity index (χ1n) is 5.01. The summed E-state index contributed by atoms with van der Waals surface area (Å²) in [7, 11) is 0.956. The second kappa shape index (κ2) is 4.16. The van der Waals surface area contributed by atoms with Gasteiger partial charge in [0.05, 0.1) is 5.25 Å². The Morgan fingerprint density at radius 3 is 2.29 bits per heavy atom. The van der Waals surface area contributed by atoms with Gasteiger partial charge in [-0.1, -0.05) is 0 Å². The second-order valence-corrected chi connectivity index (χ2v) is 6.85. The van der Waals surface area contributed by atoms with Crippen LogP contribution in [0.2, 0.25) is 0 Å². The topological polar surface area (TPSA) is 40.6 Å². The van der Waals surface area contributed by atoms with E-state index in [1.165, 1.54) is 0 Å². The Morgan fingerprint density at radius 1 is 1.36 bits per heavy atom. The predicted molar refractivity (Wildman–Crippen MR) is 57.7 cm³/mol. The molecule has 4 nitrogen and oxygen atoms in total. The minimum absolute atomic E-state index is 0.302. The fraction of sp³-hybridized carbons (Fsp3) is 1.00. The van der Waals surface area contributed by atoms with Gasteiger partial charge in [0.25, 0.3) is 0 Å². The molecule has 5 heteroatoms. The molecule has 0 N–H and O–H groups in total. The molecule has 0 aromatic carbocycles. The Balaban J connectivity index is 2.67. The average molecular weight is 220 g/mol. The van der Waals surface area contributed by atoms with Crippen molar-refractivity contribution in [2.45, 2.75) is 31.6 Å². The third-order valence-corrected chi connectivity index (χ3v) is 5.05. The quantitative estimate of drug-likeness (QED) is 0.689. The summed E-state index contributed by atoms with van der Waals surface area (Å²) in [5, 5.41) is -0.302. The first-order valence-corrected chi connectivity index (χ1v) is 6.51. The summed E-state index contributed by atoms with van der Waals surface area (Å²) in [6, 6.07) is 0.378. The molecule has 84 valence electrons. The third kappa shape index (κ3) is 2.27. The van der Waals surface area contributed by atoms with Crippen LogP contribution in [0.3, 0.4) is 0 Å². The molecule has 1 rings (SSSR count). The van der Waals surface area contributed by atoms with Crippen LogP contribution < -0.4 is 0 Å². The molecular weight excluding hydrogens is 200 g/mol. The van der Waals surface area contributed by atoms with Crippen molar-refractivity contribution in [1.82, 2.24) is 9.21 Å². The Hall–Kier alpha value is -0.130. The second-order valence-electron chi connectivity index (χ2n) is 4.36. The van der Waals surface area contributed by atoms with Crippen LogP contribution >= 0.6 is 0 Å². The zero-order valence-electron chi connectivity index (χ0n) is 9.40. The summed E-state index contributed by atoms with van der Waals surface area (Å²) in [4.78, 5) is 2.09. The highest BCUT2D eigenvalue weighted by Crippen LogP contribution is 2.19. The molecule has 1 heterocycles. The minimum atomic E-state index is -3.04. The highest BCUT2D eigenvalue weighted by atomic mass is 32.2. The summed E-state index contributed by atoms with van der Waals surface area (Å²) in [5.41, 5.74) is 0. The maximum atomic E-state index is 11.8. The van der Waals surface area contributed by atoms with Gasteiger partial charge in [-0.05, 0) is 34.4 Å². The van der Waals surface area contributed by atoms with Gasteiger partial charge in [0, 0.05) is 19.1 Å². The molecule has 1 aliphatic rings. The fourth-order valence-electron chi connectivity index (χ4n) is 1.66. The Labute approximate surface area is 86.9 Å². The molecule has 0 bridgehead atoms. The van der Waals surface area contributed by atoms with Crippen molar-refractivity contribution < 1.29 is 8.42 Å². The van der Waals surface area contributed by atoms with E-state index in [4.69, 9.17) is 0 Å². The fourth-order valence-corrected chi connectivity index (χ4v) is 3.00. The normalized spacial score (nSPS) is 25.1. The van der Waals surface area contributed by atoms with Crippen molar-refractivity contribution in [2.75, 3.05) is 27.2 Å². The first kappa shape index (κ1) is 11.9. The predicted octanol–water partition coefficient (Wildman–Crippen LogP) is 0.361. The van der Waals surface area contributed by atoms with E-state index >= 15 is 0 Å². The van der Waals surface area contributed by atoms with Crippen LogP contribution in [0.15, 0.2) is 0 Å². The molecule has 1 atom stereocenters. The standard InChI is InChI=1S/C9H20N2O2S/c1-8(2)14(12,13)11-6-5-9(7-11)10(3)4/h8-9H,5-7H2,1-4H3. The summed E-state index contributed by atoms with van der Waals surface area (Å²) in [6.45, 7) is 4.79. The monoisotopic (exact) mass is 220 g/mol. The van der Waals surface area contributed by atoms with Crippen molar-refractivity contribution in [3.63, 3.8) is 0 Å². The van der Waals surface area contributed by atoms with Gasteiger partial charge < -0.3 is 4.90 Å². The number of hydrogen-bond donors (Lipinski definition) is 0. The molecule has 1 unspecified atom stereocenters. The summed E-state index contributed by atoms with van der Waals surface area (Å²) < 4.78 is 25.2. The van der Waals surface area contributed by atoms with Crippen LogP contribution in [0.1, 0.15) is 20.3 Å². The molecule has 1 aliphatic heterocycles. The molecule has 14 heavy (non-hydrogen) atoms. The smallest absolute Gasteiger partial charge is 0.216 e. The van der Waals surface area contributed by atoms with Gasteiger partial charge in [0.2, 0.25) is 10.0 Å². The van der Waals surface area contributed by atoms with Crippen LogP contribution in [0.5, 0.6) is 0 Å². The zero-order chi connectivity index (χ0) is 10.9. The number of nitrogens with zero attached hydrogens (tertiary/aromatic N) is 2. The molecule has 0 saturated carbocycles. The van der Waals surface area contributed by atoms with E-state index in [2.05, 4.69) is 4.90 Å². The minimum Gasteiger partial charge on any atom is -0.305 e. The molecule has 0 aromatic heterocycles. The zero-order valence-corrected chi connectivity index (χ0v) is 10.2. The molecular formula is C9H20N2O2S. The van der Waals surface area contributed by atoms with Crippen molar-refractivity contribution in [3.05, 3.63) is 0 Å². The van der Waals surface area contributed by atoms with Crippen molar-refractivity contribution in [3.8, 4) is 0 Å². The molecule has 1 fully saturated rings. The summed E-state index contributed by atoms with van der Waals surface area (Å²) >= 11 is 0. The number of hydrogen-bond acceptors (Lipinski definition) is 3. The Morgan fingerprint density at radius 2 is 1.93 bits per heavy atom. The Bertz CT molecular complexity index is 285. The number of sulfonamides is 1. The molecule has 0 aliphatic carbocycles. The van der Waals surface area contributed by atoms with E-state index in [1.54, 1.807) is 18.2 Å². The number of likely N-dealkylation sites (N-methyl/N-ethyl adjacent to an activating group) is 1. The van der Waals surface area contributed by atoms with Crippen molar-refractivity contribution in [1.29, 1.82) is 0 Å². The van der Waals surface area contributed by atoms with Gasteiger partial charge in [0.1, 0.15) is 0 Å². The van der Waals surface area contributed by atoms with E-state index in [9.17, 15) is 8.42 Å². The molecule has 0 spiro atoms. The first-order chi connectivity index (χ1) is 6.35. The molecule has 0 radical (unpaired) electrons. The number of rotatable bonds is 3. The lowest BCUT2D eigenvalue weighted by Gasteiger charge is -2.21. The summed E-state index contributed by atoms with van der Waals surface area (Å²) in [5.74, 6) is 0. The molecule has 0 amide bonds. The maximum absolute atomic E-state index is 11.8. The Kier molecular flexibility index (Phi) is 3.55. The lowest BCUT2D eigenvalue weighted by molar-refractivity contribution is 0.302. The van der Waals surface area contributed by atoms with Crippen molar-refractivity contribution >= 4 is 10.0 Å². The van der Waals surface area contributed by atoms with Crippen molar-refractivity contribution in [2.24, 2.45) is 0 Å². The van der Waals surface area contributed by atoms with Gasteiger partial charge in [0.15, 0.2) is 0 Å². The van der Waals surface area contributed by atoms with E-state index in [1.807, 2.05) is 14.1 Å². The summed E-state index contributed by atoms with van der Waals surface area (Å²) in [6.07, 6.45) is 0.943. The van der Waals surface area contributed by atoms with Gasteiger partial charge in [-0.2, -0.15) is 0 Å². The van der Waals surface area contributed by atoms with E-state index in [0.717, 1.165) is 6.42 Å². The van der Waals surface area contributed by atoms with Crippen LogP contribution in [-0.2, 0) is 10.0 Å². The van der Waals surface area contributed by atoms with Gasteiger partial charge in [-0.3, -0.25) is 0 Å². The lowest BCUT2D eigenvalue weighted by atomic mass is 10.2. The largest absolute Gasteiger partial charge is 0.305 e. The average Bonchev–Trinajstić information content (AvgIpc) is 2.51. The van der Waals surface area contributed by atoms with Crippen LogP contribution in [-0.4, -0.2) is 56.1 Å². The third-order valence-electron chi connectivity index (χ3n) is 2.81. The molecule has 1 saturated heterocycles. The van der Waals surface area contributed by atoms with Gasteiger partial charge in [-0.15, -0.1) is 0 Å². The van der Waals surface area contributed by atoms with E-state index in [-0.39, 0.29) is 5.25 Å². The maximum Gasteiger partial charge on any atom is 0.216 e. The van der Waals surface area contributed by atoms with E-state index in [0.29, 0.717) is 19.1 Å². The highest BCUT2D eigenvalue weighted by Gasteiger charge is 2.33. The van der Waals surface area contributed by atoms with Crippen LogP contribution in [0.25, 0.3) is 0 Å². The van der Waals surface area contributed by atoms with Gasteiger partial charge in [-0.25, -0.2) is 12.7 Å². The van der Waals surface area contributed by atoms with E-state index < -0.39 is 10.0 Å². The highest BCUT2D eigenvalue weighted by molar-refractivity contribution is 7.89. The van der Waals surface area contributed by atoms with Crippen LogP contribution in [0, 0.1) is 0 Å². The van der Waals surface area contributed by atoms with Gasteiger partial charge >= 0.3 is 0 Å². The molecule has 0 aromatic rings. The lowest BCUT2D eigenvalue weighted by Crippen LogP contribution is -2.37.